The van der Waals surface area contributed by atoms with Gasteiger partial charge in [-0.2, -0.15) is 4.31 Å². The summed E-state index contributed by atoms with van der Waals surface area (Å²) < 4.78 is 26.6. The van der Waals surface area contributed by atoms with Crippen LogP contribution in [0, 0.1) is 5.41 Å². The van der Waals surface area contributed by atoms with E-state index in [9.17, 15) is 13.5 Å². The van der Waals surface area contributed by atoms with E-state index >= 15 is 0 Å². The largest absolute Gasteiger partial charge is 0.392 e. The molecule has 0 spiro atoms. The topological polar surface area (TPSA) is 57.6 Å². The number of hydrogen-bond acceptors (Lipinski definition) is 3. The van der Waals surface area contributed by atoms with Crippen molar-refractivity contribution in [2.45, 2.75) is 45.2 Å². The molecule has 1 unspecified atom stereocenters. The van der Waals surface area contributed by atoms with E-state index in [1.54, 1.807) is 25.2 Å². The third-order valence-electron chi connectivity index (χ3n) is 3.60. The lowest BCUT2D eigenvalue weighted by molar-refractivity contribution is 0.216. The SMILES string of the molecule is CC(N(C)S(=O)(=O)c1ccccc1CO)C(C)(C)C. The first-order valence-corrected chi connectivity index (χ1v) is 7.73. The zero-order valence-corrected chi connectivity index (χ0v) is 13.0. The molecule has 0 aliphatic heterocycles. The summed E-state index contributed by atoms with van der Waals surface area (Å²) in [5.74, 6) is 0. The Bertz CT molecular complexity index is 532. The molecule has 4 nitrogen and oxygen atoms in total. The minimum atomic E-state index is -3.59. The van der Waals surface area contributed by atoms with E-state index in [2.05, 4.69) is 0 Å². The third kappa shape index (κ3) is 3.35. The summed E-state index contributed by atoms with van der Waals surface area (Å²) in [7, 11) is -2.01. The molecule has 0 fully saturated rings. The van der Waals surface area contributed by atoms with Crippen LogP contribution in [0.2, 0.25) is 0 Å². The van der Waals surface area contributed by atoms with Gasteiger partial charge in [-0.1, -0.05) is 39.0 Å². The van der Waals surface area contributed by atoms with Crippen LogP contribution >= 0.6 is 0 Å². The van der Waals surface area contributed by atoms with E-state index in [0.717, 1.165) is 0 Å². The summed E-state index contributed by atoms with van der Waals surface area (Å²) in [4.78, 5) is 0.177. The standard InChI is InChI=1S/C14H23NO3S/c1-11(14(2,3)4)15(5)19(17,18)13-9-7-6-8-12(13)10-16/h6-9,11,16H,10H2,1-5H3. The average Bonchev–Trinajstić information content (AvgIpc) is 2.35. The highest BCUT2D eigenvalue weighted by Crippen LogP contribution is 2.28. The predicted molar refractivity (Wildman–Crippen MR) is 76.2 cm³/mol. The molecule has 0 radical (unpaired) electrons. The first-order valence-electron chi connectivity index (χ1n) is 6.29. The lowest BCUT2D eigenvalue weighted by atomic mass is 9.88. The van der Waals surface area contributed by atoms with E-state index < -0.39 is 10.0 Å². The fraction of sp³-hybridized carbons (Fsp3) is 0.571. The molecule has 0 aliphatic rings. The number of benzene rings is 1. The van der Waals surface area contributed by atoms with Gasteiger partial charge in [-0.05, 0) is 24.0 Å². The molecular weight excluding hydrogens is 262 g/mol. The Morgan fingerprint density at radius 2 is 1.79 bits per heavy atom. The first kappa shape index (κ1) is 16.1. The summed E-state index contributed by atoms with van der Waals surface area (Å²) in [6.45, 7) is 7.61. The molecule has 1 rings (SSSR count). The van der Waals surface area contributed by atoms with Crippen LogP contribution in [0.1, 0.15) is 33.3 Å². The smallest absolute Gasteiger partial charge is 0.243 e. The number of rotatable bonds is 4. The van der Waals surface area contributed by atoms with Crippen LogP contribution < -0.4 is 0 Å². The highest BCUT2D eigenvalue weighted by Gasteiger charge is 2.33. The van der Waals surface area contributed by atoms with E-state index in [1.165, 1.54) is 10.4 Å². The number of aliphatic hydroxyl groups excluding tert-OH is 1. The Balaban J connectivity index is 3.25. The van der Waals surface area contributed by atoms with E-state index in [-0.39, 0.29) is 23.0 Å². The van der Waals surface area contributed by atoms with Crippen LogP contribution in [0.15, 0.2) is 29.2 Å². The Morgan fingerprint density at radius 3 is 2.26 bits per heavy atom. The van der Waals surface area contributed by atoms with Gasteiger partial charge in [0.05, 0.1) is 11.5 Å². The number of hydrogen-bond donors (Lipinski definition) is 1. The van der Waals surface area contributed by atoms with Gasteiger partial charge in [-0.25, -0.2) is 8.42 Å². The number of nitrogens with zero attached hydrogens (tertiary/aromatic N) is 1. The second kappa shape index (κ2) is 5.61. The van der Waals surface area contributed by atoms with Crippen LogP contribution in [0.4, 0.5) is 0 Å². The van der Waals surface area contributed by atoms with Crippen LogP contribution in [0.3, 0.4) is 0 Å². The van der Waals surface area contributed by atoms with Crippen molar-refractivity contribution < 1.29 is 13.5 Å². The zero-order valence-electron chi connectivity index (χ0n) is 12.2. The minimum Gasteiger partial charge on any atom is -0.392 e. The van der Waals surface area contributed by atoms with Gasteiger partial charge in [-0.3, -0.25) is 0 Å². The van der Waals surface area contributed by atoms with E-state index in [4.69, 9.17) is 0 Å². The van der Waals surface area contributed by atoms with Gasteiger partial charge in [0.2, 0.25) is 10.0 Å². The molecule has 0 amide bonds. The molecule has 0 aliphatic carbocycles. The Morgan fingerprint density at radius 1 is 1.26 bits per heavy atom. The molecule has 1 N–H and O–H groups in total. The molecule has 1 atom stereocenters. The van der Waals surface area contributed by atoms with Crippen LogP contribution in [0.5, 0.6) is 0 Å². The first-order chi connectivity index (χ1) is 8.62. The molecule has 1 aromatic carbocycles. The van der Waals surface area contributed by atoms with Gasteiger partial charge in [-0.15, -0.1) is 0 Å². The fourth-order valence-corrected chi connectivity index (χ4v) is 3.55. The van der Waals surface area contributed by atoms with Crippen molar-refractivity contribution in [3.8, 4) is 0 Å². The van der Waals surface area contributed by atoms with Crippen molar-refractivity contribution in [3.05, 3.63) is 29.8 Å². The predicted octanol–water partition coefficient (Wildman–Crippen LogP) is 2.23. The van der Waals surface area contributed by atoms with Crippen LogP contribution in [-0.2, 0) is 16.6 Å². The van der Waals surface area contributed by atoms with Crippen molar-refractivity contribution in [2.75, 3.05) is 7.05 Å². The molecular formula is C14H23NO3S. The lowest BCUT2D eigenvalue weighted by Gasteiger charge is -2.34. The molecule has 5 heteroatoms. The zero-order chi connectivity index (χ0) is 14.8. The van der Waals surface area contributed by atoms with Gasteiger partial charge < -0.3 is 5.11 Å². The number of aliphatic hydroxyl groups is 1. The Labute approximate surface area is 116 Å². The minimum absolute atomic E-state index is 0.149. The maximum Gasteiger partial charge on any atom is 0.243 e. The normalized spacial score (nSPS) is 14.7. The van der Waals surface area contributed by atoms with Gasteiger partial charge in [0.15, 0.2) is 0 Å². The summed E-state index contributed by atoms with van der Waals surface area (Å²) >= 11 is 0. The highest BCUT2D eigenvalue weighted by molar-refractivity contribution is 7.89. The summed E-state index contributed by atoms with van der Waals surface area (Å²) in [5.41, 5.74) is 0.270. The highest BCUT2D eigenvalue weighted by atomic mass is 32.2. The van der Waals surface area contributed by atoms with Crippen molar-refractivity contribution in [1.29, 1.82) is 0 Å². The molecule has 0 bridgehead atoms. The van der Waals surface area contributed by atoms with E-state index in [1.807, 2.05) is 27.7 Å². The fourth-order valence-electron chi connectivity index (χ4n) is 1.79. The second-order valence-corrected chi connectivity index (χ2v) is 7.80. The maximum atomic E-state index is 12.6. The quantitative estimate of drug-likeness (QED) is 0.923. The monoisotopic (exact) mass is 285 g/mol. The lowest BCUT2D eigenvalue weighted by Crippen LogP contribution is -2.43. The van der Waals surface area contributed by atoms with Crippen molar-refractivity contribution in [3.63, 3.8) is 0 Å². The van der Waals surface area contributed by atoms with Crippen LogP contribution in [0.25, 0.3) is 0 Å². The molecule has 19 heavy (non-hydrogen) atoms. The van der Waals surface area contributed by atoms with Gasteiger partial charge in [0.1, 0.15) is 0 Å². The molecule has 0 heterocycles. The maximum absolute atomic E-state index is 12.6. The summed E-state index contributed by atoms with van der Waals surface area (Å²) in [6, 6.07) is 6.40. The molecule has 0 saturated carbocycles. The molecule has 0 saturated heterocycles. The summed E-state index contributed by atoms with van der Waals surface area (Å²) in [6.07, 6.45) is 0. The average molecular weight is 285 g/mol. The van der Waals surface area contributed by atoms with Gasteiger partial charge in [0, 0.05) is 13.1 Å². The van der Waals surface area contributed by atoms with Crippen LogP contribution in [-0.4, -0.2) is 30.9 Å². The van der Waals surface area contributed by atoms with Gasteiger partial charge in [0.25, 0.3) is 0 Å². The van der Waals surface area contributed by atoms with Gasteiger partial charge >= 0.3 is 0 Å². The Kier molecular flexibility index (Phi) is 4.76. The molecule has 1 aromatic rings. The van der Waals surface area contributed by atoms with Crippen molar-refractivity contribution >= 4 is 10.0 Å². The molecule has 108 valence electrons. The second-order valence-electron chi connectivity index (χ2n) is 5.83. The third-order valence-corrected chi connectivity index (χ3v) is 5.63. The molecule has 0 aromatic heterocycles. The van der Waals surface area contributed by atoms with E-state index in [0.29, 0.717) is 5.56 Å². The Hall–Kier alpha value is -0.910. The van der Waals surface area contributed by atoms with Crippen molar-refractivity contribution in [2.24, 2.45) is 5.41 Å². The summed E-state index contributed by atoms with van der Waals surface area (Å²) in [5, 5.41) is 9.28. The number of sulfonamides is 1. The van der Waals surface area contributed by atoms with Crippen molar-refractivity contribution in [1.82, 2.24) is 4.31 Å².